The highest BCUT2D eigenvalue weighted by molar-refractivity contribution is 6.10. The molecule has 2 N–H and O–H groups in total. The minimum atomic E-state index is -1.69. The van der Waals surface area contributed by atoms with Crippen LogP contribution in [-0.4, -0.2) is 41.9 Å². The van der Waals surface area contributed by atoms with E-state index in [-0.39, 0.29) is 24.6 Å². The van der Waals surface area contributed by atoms with Crippen LogP contribution in [-0.2, 0) is 11.3 Å². The number of carbonyl (C=O) groups is 3. The third-order valence-electron chi connectivity index (χ3n) is 5.10. The predicted octanol–water partition coefficient (Wildman–Crippen LogP) is 1.73. The Kier molecular flexibility index (Phi) is 4.66. The highest BCUT2D eigenvalue weighted by atomic mass is 19.1. The number of rotatable bonds is 3. The summed E-state index contributed by atoms with van der Waals surface area (Å²) in [5.41, 5.74) is 0.456. The van der Waals surface area contributed by atoms with Crippen LogP contribution in [0.5, 0.6) is 5.75 Å². The fourth-order valence-corrected chi connectivity index (χ4v) is 3.52. The van der Waals surface area contributed by atoms with Crippen molar-refractivity contribution < 1.29 is 23.5 Å². The molecule has 152 valence electrons. The first-order valence-corrected chi connectivity index (χ1v) is 9.20. The van der Waals surface area contributed by atoms with Gasteiger partial charge in [-0.25, -0.2) is 9.18 Å². The smallest absolute Gasteiger partial charge is 0.323 e. The number of ether oxygens (including phenoxy) is 1. The Morgan fingerprint density at radius 2 is 2.00 bits per heavy atom. The van der Waals surface area contributed by atoms with Crippen LogP contribution in [0.15, 0.2) is 36.4 Å². The van der Waals surface area contributed by atoms with Crippen LogP contribution < -0.4 is 15.4 Å². The first kappa shape index (κ1) is 19.5. The average molecular weight is 407 g/mol. The van der Waals surface area contributed by atoms with Crippen LogP contribution in [0.1, 0.15) is 27.0 Å². The Labute approximate surface area is 172 Å². The summed E-state index contributed by atoms with van der Waals surface area (Å²) < 4.78 is 19.3. The number of hydrogen-bond donors (Lipinski definition) is 2. The van der Waals surface area contributed by atoms with Gasteiger partial charge in [0.1, 0.15) is 11.6 Å². The topological polar surface area (TPSA) is 87.7 Å². The molecule has 4 amide bonds. The van der Waals surface area contributed by atoms with Gasteiger partial charge in [-0.15, -0.1) is 0 Å². The Bertz CT molecular complexity index is 1150. The molecule has 0 saturated carbocycles. The van der Waals surface area contributed by atoms with E-state index >= 15 is 0 Å². The molecular formula is C22H18FN3O4. The van der Waals surface area contributed by atoms with Crippen molar-refractivity contribution in [2.24, 2.45) is 0 Å². The van der Waals surface area contributed by atoms with Crippen LogP contribution in [0.4, 0.5) is 9.18 Å². The maximum Gasteiger partial charge on any atom is 0.323 e. The van der Waals surface area contributed by atoms with Crippen LogP contribution >= 0.6 is 0 Å². The standard InChI is InChI=1S/C22H18FN3O4/c1-13-3-6-18(23)14(9-13)7-8-22(20(28)24-21(29)25-22)12-26-11-15-4-5-16(30-2)10-17(15)19(26)27/h3-6,9-10H,11-12H2,1-2H3,(H2,24,25,28,29)/t22-/m1/s1. The van der Waals surface area contributed by atoms with Crippen molar-refractivity contribution in [2.45, 2.75) is 19.0 Å². The molecule has 2 aromatic rings. The summed E-state index contributed by atoms with van der Waals surface area (Å²) in [5.74, 6) is 4.38. The zero-order valence-corrected chi connectivity index (χ0v) is 16.3. The molecule has 30 heavy (non-hydrogen) atoms. The fraction of sp³-hybridized carbons (Fsp3) is 0.227. The molecule has 0 unspecified atom stereocenters. The Hall–Kier alpha value is -3.86. The van der Waals surface area contributed by atoms with Crippen LogP contribution in [0.3, 0.4) is 0 Å². The summed E-state index contributed by atoms with van der Waals surface area (Å²) >= 11 is 0. The van der Waals surface area contributed by atoms with E-state index in [9.17, 15) is 18.8 Å². The van der Waals surface area contributed by atoms with Crippen molar-refractivity contribution in [1.29, 1.82) is 0 Å². The normalized spacial score (nSPS) is 19.7. The fourth-order valence-electron chi connectivity index (χ4n) is 3.52. The number of urea groups is 1. The van der Waals surface area contributed by atoms with Crippen molar-refractivity contribution in [3.8, 4) is 17.6 Å². The molecule has 8 heteroatoms. The van der Waals surface area contributed by atoms with Gasteiger partial charge in [0.15, 0.2) is 0 Å². The lowest BCUT2D eigenvalue weighted by Crippen LogP contribution is -2.54. The van der Waals surface area contributed by atoms with E-state index in [1.165, 1.54) is 18.1 Å². The summed E-state index contributed by atoms with van der Waals surface area (Å²) in [6.45, 7) is 1.86. The van der Waals surface area contributed by atoms with Crippen molar-refractivity contribution in [2.75, 3.05) is 13.7 Å². The van der Waals surface area contributed by atoms with Gasteiger partial charge in [0.05, 0.1) is 19.2 Å². The summed E-state index contributed by atoms with van der Waals surface area (Å²) in [4.78, 5) is 38.8. The maximum atomic E-state index is 14.1. The van der Waals surface area contributed by atoms with Gasteiger partial charge in [-0.1, -0.05) is 24.0 Å². The highest BCUT2D eigenvalue weighted by Crippen LogP contribution is 2.28. The van der Waals surface area contributed by atoms with E-state index in [4.69, 9.17) is 4.74 Å². The summed E-state index contributed by atoms with van der Waals surface area (Å²) in [6, 6.07) is 8.88. The molecule has 2 aliphatic heterocycles. The predicted molar refractivity (Wildman–Crippen MR) is 105 cm³/mol. The van der Waals surface area contributed by atoms with Crippen molar-refractivity contribution in [3.05, 3.63) is 64.5 Å². The van der Waals surface area contributed by atoms with Gasteiger partial charge in [0.25, 0.3) is 11.8 Å². The van der Waals surface area contributed by atoms with Crippen molar-refractivity contribution in [3.63, 3.8) is 0 Å². The number of halogens is 1. The first-order chi connectivity index (χ1) is 14.3. The molecule has 1 saturated heterocycles. The third kappa shape index (κ3) is 3.35. The van der Waals surface area contributed by atoms with Crippen LogP contribution in [0, 0.1) is 24.6 Å². The van der Waals surface area contributed by atoms with E-state index < -0.39 is 23.3 Å². The molecule has 1 fully saturated rings. The number of amides is 4. The van der Waals surface area contributed by atoms with Crippen molar-refractivity contribution in [1.82, 2.24) is 15.5 Å². The van der Waals surface area contributed by atoms with Gasteiger partial charge < -0.3 is 15.0 Å². The van der Waals surface area contributed by atoms with Crippen molar-refractivity contribution >= 4 is 17.8 Å². The third-order valence-corrected chi connectivity index (χ3v) is 5.10. The van der Waals surface area contributed by atoms with Gasteiger partial charge in [0.2, 0.25) is 5.54 Å². The summed E-state index contributed by atoms with van der Waals surface area (Å²) in [6.07, 6.45) is 0. The quantitative estimate of drug-likeness (QED) is 0.599. The summed E-state index contributed by atoms with van der Waals surface area (Å²) in [5, 5.41) is 4.66. The molecular weight excluding hydrogens is 389 g/mol. The lowest BCUT2D eigenvalue weighted by molar-refractivity contribution is -0.122. The lowest BCUT2D eigenvalue weighted by atomic mass is 9.98. The van der Waals surface area contributed by atoms with E-state index in [1.54, 1.807) is 37.3 Å². The van der Waals surface area contributed by atoms with Crippen LogP contribution in [0.2, 0.25) is 0 Å². The monoisotopic (exact) mass is 407 g/mol. The number of benzene rings is 2. The lowest BCUT2D eigenvalue weighted by Gasteiger charge is -2.26. The molecule has 2 heterocycles. The zero-order chi connectivity index (χ0) is 21.5. The number of hydrogen-bond acceptors (Lipinski definition) is 4. The number of imide groups is 1. The Morgan fingerprint density at radius 1 is 1.20 bits per heavy atom. The molecule has 0 radical (unpaired) electrons. The van der Waals surface area contributed by atoms with Gasteiger partial charge in [0, 0.05) is 12.1 Å². The summed E-state index contributed by atoms with van der Waals surface area (Å²) in [7, 11) is 1.51. The second-order valence-electron chi connectivity index (χ2n) is 7.23. The number of nitrogens with one attached hydrogen (secondary N) is 2. The highest BCUT2D eigenvalue weighted by Gasteiger charge is 2.48. The molecule has 2 aliphatic rings. The molecule has 4 rings (SSSR count). The van der Waals surface area contributed by atoms with E-state index in [2.05, 4.69) is 22.5 Å². The van der Waals surface area contributed by atoms with Gasteiger partial charge >= 0.3 is 6.03 Å². The molecule has 1 atom stereocenters. The first-order valence-electron chi connectivity index (χ1n) is 9.20. The van der Waals surface area contributed by atoms with E-state index in [1.807, 2.05) is 0 Å². The average Bonchev–Trinajstić information content (AvgIpc) is 3.18. The van der Waals surface area contributed by atoms with E-state index in [0.717, 1.165) is 11.1 Å². The SMILES string of the molecule is COc1ccc2c(c1)C(=O)N(C[C@@]1(C#Cc3cc(C)ccc3F)NC(=O)NC1=O)C2. The molecule has 7 nitrogen and oxygen atoms in total. The van der Waals surface area contributed by atoms with Crippen LogP contribution in [0.25, 0.3) is 0 Å². The number of nitrogens with zero attached hydrogens (tertiary/aromatic N) is 1. The Balaban J connectivity index is 1.67. The molecule has 0 aromatic heterocycles. The molecule has 2 aromatic carbocycles. The second-order valence-corrected chi connectivity index (χ2v) is 7.23. The zero-order valence-electron chi connectivity index (χ0n) is 16.3. The number of methoxy groups -OCH3 is 1. The van der Waals surface area contributed by atoms with Gasteiger partial charge in [-0.05, 0) is 42.3 Å². The maximum absolute atomic E-state index is 14.1. The van der Waals surface area contributed by atoms with Gasteiger partial charge in [-0.2, -0.15) is 0 Å². The molecule has 0 bridgehead atoms. The van der Waals surface area contributed by atoms with Gasteiger partial charge in [-0.3, -0.25) is 14.9 Å². The largest absolute Gasteiger partial charge is 0.497 e. The molecule has 0 spiro atoms. The molecule has 0 aliphatic carbocycles. The minimum Gasteiger partial charge on any atom is -0.497 e. The number of aryl methyl sites for hydroxylation is 1. The van der Waals surface area contributed by atoms with E-state index in [0.29, 0.717) is 11.3 Å². The second kappa shape index (κ2) is 7.19. The minimum absolute atomic E-state index is 0.101. The number of carbonyl (C=O) groups excluding carboxylic acids is 3. The number of fused-ring (bicyclic) bond motifs is 1. The Morgan fingerprint density at radius 3 is 2.70 bits per heavy atom.